The van der Waals surface area contributed by atoms with E-state index in [9.17, 15) is 18.7 Å². The van der Waals surface area contributed by atoms with Gasteiger partial charge in [-0.3, -0.25) is 18.7 Å². The van der Waals surface area contributed by atoms with Crippen molar-refractivity contribution < 1.29 is 27.8 Å². The summed E-state index contributed by atoms with van der Waals surface area (Å²) in [6.07, 6.45) is 0. The van der Waals surface area contributed by atoms with Gasteiger partial charge in [-0.1, -0.05) is 82.2 Å². The van der Waals surface area contributed by atoms with E-state index in [1.807, 2.05) is 71.0 Å². The van der Waals surface area contributed by atoms with Crippen LogP contribution in [0.25, 0.3) is 0 Å². The summed E-state index contributed by atoms with van der Waals surface area (Å²) in [5.74, 6) is 0. The summed E-state index contributed by atoms with van der Waals surface area (Å²) in [5.41, 5.74) is 5.62. The monoisotopic (exact) mass is 710 g/mol. The Kier molecular flexibility index (Phi) is 13.1. The van der Waals surface area contributed by atoms with Crippen molar-refractivity contribution in [2.24, 2.45) is 0 Å². The highest BCUT2D eigenvalue weighted by Crippen LogP contribution is 2.51. The van der Waals surface area contributed by atoms with Crippen LogP contribution in [0.15, 0.2) is 84.9 Å². The Morgan fingerprint density at radius 3 is 1.24 bits per heavy atom. The quantitative estimate of drug-likeness (QED) is 0.114. The molecule has 2 atom stereocenters. The van der Waals surface area contributed by atoms with Crippen LogP contribution >= 0.6 is 30.7 Å². The van der Waals surface area contributed by atoms with Crippen LogP contribution in [0.2, 0.25) is 0 Å². The van der Waals surface area contributed by atoms with Gasteiger partial charge in [-0.15, -0.1) is 0 Å². The lowest BCUT2D eigenvalue weighted by molar-refractivity contribution is 0.104. The fourth-order valence-electron chi connectivity index (χ4n) is 5.39. The predicted octanol–water partition coefficient (Wildman–Crippen LogP) is 9.37. The summed E-state index contributed by atoms with van der Waals surface area (Å²) in [5, 5.41) is 1.60. The van der Waals surface area contributed by atoms with Gasteiger partial charge in [-0.05, 0) is 101 Å². The largest absolute Gasteiger partial charge is 0.320 e. The second-order valence-electron chi connectivity index (χ2n) is 10.7. The lowest BCUT2D eigenvalue weighted by Gasteiger charge is -2.19. The molecule has 0 aliphatic rings. The fourth-order valence-corrected chi connectivity index (χ4v) is 9.87. The lowest BCUT2D eigenvalue weighted by Crippen LogP contribution is -2.17. The van der Waals surface area contributed by atoms with Gasteiger partial charge in [0.05, 0.1) is 13.2 Å². The first-order valence-electron chi connectivity index (χ1n) is 14.8. The smallest absolute Gasteiger partial charge is 0.300 e. The molecule has 4 aromatic carbocycles. The molecule has 0 saturated carbocycles. The van der Waals surface area contributed by atoms with Crippen LogP contribution in [-0.2, 0) is 23.5 Å². The SMILES string of the molecule is CCOP(=O)(C(=O)c1c(C)cc(C)cc1C)c1ccccc1.CCOP(=O)(C(=O)c1c(C)cc(CBr)cc1C)c1ccccc1. The molecule has 0 fully saturated rings. The van der Waals surface area contributed by atoms with Gasteiger partial charge in [0.1, 0.15) is 0 Å². The van der Waals surface area contributed by atoms with Crippen LogP contribution < -0.4 is 10.6 Å². The third-order valence-electron chi connectivity index (χ3n) is 7.20. The number of alkyl halides is 1. The zero-order valence-corrected chi connectivity index (χ0v) is 30.3. The zero-order valence-electron chi connectivity index (χ0n) is 26.9. The number of hydrogen-bond donors (Lipinski definition) is 0. The normalized spacial score (nSPS) is 13.6. The molecule has 238 valence electrons. The van der Waals surface area contributed by atoms with Crippen molar-refractivity contribution in [1.82, 2.24) is 0 Å². The molecule has 2 unspecified atom stereocenters. The summed E-state index contributed by atoms with van der Waals surface area (Å²) in [6.45, 7) is 13.4. The summed E-state index contributed by atoms with van der Waals surface area (Å²) in [7, 11) is -7.21. The minimum Gasteiger partial charge on any atom is -0.320 e. The molecule has 0 spiro atoms. The van der Waals surface area contributed by atoms with Crippen LogP contribution in [0.3, 0.4) is 0 Å². The van der Waals surface area contributed by atoms with E-state index in [-0.39, 0.29) is 13.2 Å². The van der Waals surface area contributed by atoms with Crippen molar-refractivity contribution in [1.29, 1.82) is 0 Å². The zero-order chi connectivity index (χ0) is 33.4. The van der Waals surface area contributed by atoms with Crippen molar-refractivity contribution in [2.45, 2.75) is 53.8 Å². The van der Waals surface area contributed by atoms with Gasteiger partial charge in [-0.2, -0.15) is 0 Å². The van der Waals surface area contributed by atoms with Crippen LogP contribution in [0.1, 0.15) is 67.9 Å². The Hall–Kier alpha value is -2.92. The van der Waals surface area contributed by atoms with Gasteiger partial charge in [-0.25, -0.2) is 0 Å². The Balaban J connectivity index is 0.000000246. The van der Waals surface area contributed by atoms with Gasteiger partial charge in [0.15, 0.2) is 0 Å². The average molecular weight is 712 g/mol. The van der Waals surface area contributed by atoms with Gasteiger partial charge in [0.25, 0.3) is 11.0 Å². The van der Waals surface area contributed by atoms with Crippen molar-refractivity contribution in [2.75, 3.05) is 13.2 Å². The van der Waals surface area contributed by atoms with E-state index >= 15 is 0 Å². The molecule has 0 radical (unpaired) electrons. The molecule has 0 aromatic heterocycles. The maximum absolute atomic E-state index is 13.4. The summed E-state index contributed by atoms with van der Waals surface area (Å²) >= 11 is 3.42. The number of carbonyl (C=O) groups excluding carboxylic acids is 2. The molecule has 0 bridgehead atoms. The number of benzene rings is 4. The first-order valence-corrected chi connectivity index (χ1v) is 19.1. The van der Waals surface area contributed by atoms with Crippen LogP contribution in [0, 0.1) is 34.6 Å². The van der Waals surface area contributed by atoms with E-state index < -0.39 is 25.8 Å². The maximum atomic E-state index is 13.4. The highest BCUT2D eigenvalue weighted by Gasteiger charge is 2.38. The fraction of sp³-hybridized carbons (Fsp3) is 0.278. The summed E-state index contributed by atoms with van der Waals surface area (Å²) < 4.78 is 37.7. The topological polar surface area (TPSA) is 86.7 Å². The van der Waals surface area contributed by atoms with Crippen LogP contribution in [-0.4, -0.2) is 24.3 Å². The molecule has 45 heavy (non-hydrogen) atoms. The molecule has 0 amide bonds. The van der Waals surface area contributed by atoms with E-state index in [2.05, 4.69) is 15.9 Å². The van der Waals surface area contributed by atoms with Crippen molar-refractivity contribution in [3.05, 3.63) is 129 Å². The van der Waals surface area contributed by atoms with Gasteiger partial charge >= 0.3 is 14.7 Å². The molecule has 6 nitrogen and oxygen atoms in total. The minimum atomic E-state index is -3.61. The highest BCUT2D eigenvalue weighted by atomic mass is 79.9. The van der Waals surface area contributed by atoms with E-state index in [1.165, 1.54) is 0 Å². The molecular weight excluding hydrogens is 670 g/mol. The number of rotatable bonds is 11. The summed E-state index contributed by atoms with van der Waals surface area (Å²) in [6, 6.07) is 25.2. The lowest BCUT2D eigenvalue weighted by atomic mass is 10.0. The Labute approximate surface area is 275 Å². The highest BCUT2D eigenvalue weighted by molar-refractivity contribution is 9.08. The summed E-state index contributed by atoms with van der Waals surface area (Å²) in [4.78, 5) is 26.1. The van der Waals surface area contributed by atoms with E-state index in [4.69, 9.17) is 9.05 Å². The van der Waals surface area contributed by atoms with Gasteiger partial charge in [0.2, 0.25) is 0 Å². The predicted molar refractivity (Wildman–Crippen MR) is 188 cm³/mol. The Morgan fingerprint density at radius 1 is 0.600 bits per heavy atom. The van der Waals surface area contributed by atoms with Gasteiger partial charge < -0.3 is 9.05 Å². The minimum absolute atomic E-state index is 0.218. The van der Waals surface area contributed by atoms with E-state index in [0.29, 0.717) is 27.1 Å². The number of hydrogen-bond acceptors (Lipinski definition) is 6. The molecule has 0 aliphatic heterocycles. The Morgan fingerprint density at radius 2 is 0.933 bits per heavy atom. The molecule has 0 N–H and O–H groups in total. The van der Waals surface area contributed by atoms with Crippen molar-refractivity contribution >= 4 is 52.3 Å². The van der Waals surface area contributed by atoms with Crippen molar-refractivity contribution in [3.63, 3.8) is 0 Å². The molecule has 9 heteroatoms. The average Bonchev–Trinajstić information content (AvgIpc) is 3.01. The third kappa shape index (κ3) is 8.27. The molecule has 4 rings (SSSR count). The Bertz CT molecular complexity index is 1710. The van der Waals surface area contributed by atoms with Crippen molar-refractivity contribution in [3.8, 4) is 0 Å². The van der Waals surface area contributed by atoms with Gasteiger partial charge in [0, 0.05) is 27.1 Å². The molecule has 0 aliphatic carbocycles. The first-order chi connectivity index (χ1) is 21.3. The van der Waals surface area contributed by atoms with Crippen LogP contribution in [0.4, 0.5) is 0 Å². The number of carbonyl (C=O) groups is 2. The number of halogens is 1. The second-order valence-corrected chi connectivity index (χ2v) is 15.9. The van der Waals surface area contributed by atoms with E-state index in [1.54, 1.807) is 62.4 Å². The second kappa shape index (κ2) is 16.1. The maximum Gasteiger partial charge on any atom is 0.300 e. The van der Waals surface area contributed by atoms with E-state index in [0.717, 1.165) is 33.4 Å². The first kappa shape index (κ1) is 36.5. The third-order valence-corrected chi connectivity index (χ3v) is 12.6. The standard InChI is InChI=1S/C18H20BrO3P.C18H21O3P/c1-4-22-23(21,16-8-6-5-7-9-16)18(20)17-13(2)10-15(12-19)11-14(17)3;1-5-21-22(20,16-9-7-6-8-10-16)18(19)17-14(3)11-13(2)12-15(17)4/h5-11H,4,12H2,1-3H3;6-12H,5H2,1-4H3. The molecule has 0 heterocycles. The molecule has 0 saturated heterocycles. The molecular formula is C36H41BrO6P2. The number of aryl methyl sites for hydroxylation is 5. The van der Waals surface area contributed by atoms with Crippen LogP contribution in [0.5, 0.6) is 0 Å². The molecule has 4 aromatic rings.